The van der Waals surface area contributed by atoms with Crippen LogP contribution in [0.25, 0.3) is 0 Å². The van der Waals surface area contributed by atoms with Crippen molar-refractivity contribution in [1.29, 1.82) is 0 Å². The summed E-state index contributed by atoms with van der Waals surface area (Å²) in [5.74, 6) is -0.367. The van der Waals surface area contributed by atoms with Crippen LogP contribution in [0.2, 0.25) is 0 Å². The summed E-state index contributed by atoms with van der Waals surface area (Å²) >= 11 is 0. The van der Waals surface area contributed by atoms with Gasteiger partial charge in [-0.05, 0) is 73.8 Å². The molecule has 12 bridgehead atoms. The molecule has 0 aromatic carbocycles. The highest BCUT2D eigenvalue weighted by Gasteiger charge is 2.68. The van der Waals surface area contributed by atoms with E-state index in [1.165, 1.54) is 0 Å². The summed E-state index contributed by atoms with van der Waals surface area (Å²) in [6, 6.07) is 0. The molecule has 10 fully saturated rings. The number of hydrogen-bond acceptors (Lipinski definition) is 11. The van der Waals surface area contributed by atoms with Crippen LogP contribution in [0.15, 0.2) is 24.3 Å². The van der Waals surface area contributed by atoms with Crippen LogP contribution >= 0.6 is 0 Å². The van der Waals surface area contributed by atoms with Gasteiger partial charge in [0.1, 0.15) is 36.3 Å². The average molecular weight is 715 g/mol. The Morgan fingerprint density at radius 3 is 2.33 bits per heavy atom. The molecule has 11 nitrogen and oxygen atoms in total. The van der Waals surface area contributed by atoms with Crippen molar-refractivity contribution < 1.29 is 52.9 Å². The molecule has 10 rings (SSSR count). The maximum absolute atomic E-state index is 14.0. The molecule has 10 saturated heterocycles. The van der Waals surface area contributed by atoms with Gasteiger partial charge in [0.15, 0.2) is 5.79 Å². The van der Waals surface area contributed by atoms with Crippen molar-refractivity contribution in [3.63, 3.8) is 0 Å². The number of aliphatic hydroxyl groups excluding tert-OH is 2. The molecule has 51 heavy (non-hydrogen) atoms. The van der Waals surface area contributed by atoms with E-state index in [-0.39, 0.29) is 110 Å². The summed E-state index contributed by atoms with van der Waals surface area (Å²) in [7, 11) is 0. The number of Topliss-reactive ketones (excluding diaryl/α,β-unsaturated/α-hetero) is 1. The summed E-state index contributed by atoms with van der Waals surface area (Å²) in [6.07, 6.45) is 5.65. The fourth-order valence-electron chi connectivity index (χ4n) is 11.3. The minimum absolute atomic E-state index is 0.00894. The average Bonchev–Trinajstić information content (AvgIpc) is 3.77. The summed E-state index contributed by atoms with van der Waals surface area (Å²) in [6.45, 7) is 12.9. The van der Waals surface area contributed by atoms with E-state index < -0.39 is 11.9 Å². The second-order valence-corrected chi connectivity index (χ2v) is 17.5. The van der Waals surface area contributed by atoms with E-state index in [1.54, 1.807) is 0 Å². The highest BCUT2D eigenvalue weighted by molar-refractivity contribution is 5.79. The predicted octanol–water partition coefficient (Wildman–Crippen LogP) is 4.09. The first-order chi connectivity index (χ1) is 24.6. The summed E-state index contributed by atoms with van der Waals surface area (Å²) < 4.78 is 53.9. The van der Waals surface area contributed by atoms with E-state index in [1.807, 2.05) is 0 Å². The second-order valence-electron chi connectivity index (χ2n) is 17.5. The van der Waals surface area contributed by atoms with Gasteiger partial charge in [-0.15, -0.1) is 0 Å². The zero-order valence-electron chi connectivity index (χ0n) is 30.3. The summed E-state index contributed by atoms with van der Waals surface area (Å²) in [5.41, 5.74) is 2.22. The number of hydrogen-bond donors (Lipinski definition) is 2. The molecule has 0 aliphatic carbocycles. The van der Waals surface area contributed by atoms with Gasteiger partial charge in [-0.3, -0.25) is 4.79 Å². The number of aliphatic hydroxyl groups is 2. The first kappa shape index (κ1) is 35.5. The standard InChI is InChI=1S/C40H58O11/c1-19-11-25-5-7-29-20(2)12-27(44-29)9-10-40-17-34-36(50-40)37-38(49-34)39(51-40)35-30(48-37)8-6-26(46-35)13-23(42)14-28-22(4)31(15-24(43)18-41)47-33(28)16-32(45-25)21(19)3/h19,22,24-39,41,43H,2-3,5-18H2,1,4H3/t19-,22-,24+,25+,26?,27+,28-,29?,30+,31-,32-,33?,34-,35+,36?,37+,38-,39+,40+/m1/s1. The molecule has 284 valence electrons. The predicted molar refractivity (Wildman–Crippen MR) is 183 cm³/mol. The molecular weight excluding hydrogens is 656 g/mol. The molecule has 11 heteroatoms. The third-order valence-corrected chi connectivity index (χ3v) is 14.1. The van der Waals surface area contributed by atoms with Crippen LogP contribution in [-0.4, -0.2) is 120 Å². The number of ether oxygens (including phenoxy) is 8. The maximum Gasteiger partial charge on any atom is 0.172 e. The minimum atomic E-state index is -0.872. The first-order valence-electron chi connectivity index (χ1n) is 20.0. The van der Waals surface area contributed by atoms with Crippen LogP contribution in [-0.2, 0) is 42.7 Å². The van der Waals surface area contributed by atoms with Gasteiger partial charge in [0.2, 0.25) is 0 Å². The Bertz CT molecular complexity index is 1360. The Labute approximate surface area is 301 Å². The number of rotatable bonds is 3. The van der Waals surface area contributed by atoms with Crippen molar-refractivity contribution in [2.24, 2.45) is 17.8 Å². The number of carbonyl (C=O) groups excluding carboxylic acids is 1. The molecule has 2 N–H and O–H groups in total. The molecule has 10 heterocycles. The minimum Gasteiger partial charge on any atom is -0.394 e. The van der Waals surface area contributed by atoms with Crippen molar-refractivity contribution in [2.45, 2.75) is 195 Å². The third kappa shape index (κ3) is 6.53. The topological polar surface area (TPSA) is 131 Å². The quantitative estimate of drug-likeness (QED) is 0.410. The number of fused-ring (bicyclic) bond motifs is 6. The fraction of sp³-hybridized carbons (Fsp3) is 0.875. The molecule has 0 aromatic rings. The van der Waals surface area contributed by atoms with E-state index in [4.69, 9.17) is 37.9 Å². The van der Waals surface area contributed by atoms with Crippen LogP contribution in [0.4, 0.5) is 0 Å². The number of carbonyl (C=O) groups is 1. The van der Waals surface area contributed by atoms with E-state index >= 15 is 0 Å². The lowest BCUT2D eigenvalue weighted by Crippen LogP contribution is -2.61. The summed E-state index contributed by atoms with van der Waals surface area (Å²) in [5, 5.41) is 20.0. The molecule has 19 atom stereocenters. The monoisotopic (exact) mass is 714 g/mol. The van der Waals surface area contributed by atoms with Gasteiger partial charge in [0, 0.05) is 38.5 Å². The van der Waals surface area contributed by atoms with Gasteiger partial charge in [-0.2, -0.15) is 0 Å². The van der Waals surface area contributed by atoms with Crippen LogP contribution in [0.5, 0.6) is 0 Å². The maximum atomic E-state index is 14.0. The first-order valence-corrected chi connectivity index (χ1v) is 20.0. The Morgan fingerprint density at radius 2 is 1.49 bits per heavy atom. The van der Waals surface area contributed by atoms with Crippen LogP contribution in [0.3, 0.4) is 0 Å². The molecule has 0 aromatic heterocycles. The van der Waals surface area contributed by atoms with Gasteiger partial charge in [-0.1, -0.05) is 27.0 Å². The Hall–Kier alpha value is -1.25. The molecule has 4 unspecified atom stereocenters. The normalized spacial score (nSPS) is 53.2. The zero-order chi connectivity index (χ0) is 35.2. The lowest BCUT2D eigenvalue weighted by molar-refractivity contribution is -0.292. The molecule has 0 radical (unpaired) electrons. The Balaban J connectivity index is 0.986. The molecule has 10 aliphatic rings. The van der Waals surface area contributed by atoms with Crippen LogP contribution in [0.1, 0.15) is 97.3 Å². The molecule has 1 spiro atoms. The fourth-order valence-corrected chi connectivity index (χ4v) is 11.3. The van der Waals surface area contributed by atoms with Gasteiger partial charge < -0.3 is 48.1 Å². The largest absolute Gasteiger partial charge is 0.394 e. The Morgan fingerprint density at radius 1 is 0.745 bits per heavy atom. The van der Waals surface area contributed by atoms with Crippen molar-refractivity contribution in [1.82, 2.24) is 0 Å². The highest BCUT2D eigenvalue weighted by Crippen LogP contribution is 2.54. The highest BCUT2D eigenvalue weighted by atomic mass is 16.8. The van der Waals surface area contributed by atoms with Crippen molar-refractivity contribution >= 4 is 5.78 Å². The molecule has 0 saturated carbocycles. The van der Waals surface area contributed by atoms with Crippen molar-refractivity contribution in [2.75, 3.05) is 6.61 Å². The zero-order valence-corrected chi connectivity index (χ0v) is 30.3. The number of ketones is 1. The van der Waals surface area contributed by atoms with Gasteiger partial charge in [0.05, 0.1) is 67.6 Å². The lowest BCUT2D eigenvalue weighted by atomic mass is 9.79. The van der Waals surface area contributed by atoms with Crippen LogP contribution < -0.4 is 0 Å². The van der Waals surface area contributed by atoms with Gasteiger partial charge in [0.25, 0.3) is 0 Å². The van der Waals surface area contributed by atoms with E-state index in [0.29, 0.717) is 44.4 Å². The molecule has 0 amide bonds. The van der Waals surface area contributed by atoms with E-state index in [0.717, 1.165) is 56.1 Å². The second kappa shape index (κ2) is 13.8. The van der Waals surface area contributed by atoms with E-state index in [9.17, 15) is 15.0 Å². The summed E-state index contributed by atoms with van der Waals surface area (Å²) in [4.78, 5) is 14.0. The van der Waals surface area contributed by atoms with Crippen LogP contribution in [0, 0.1) is 17.8 Å². The van der Waals surface area contributed by atoms with Gasteiger partial charge >= 0.3 is 0 Å². The SMILES string of the molecule is C=C1C[C@@H]2CC[C@@]34C[C@H]5O[C@H]6[C@@H](O3)[C@H]3OC(CC[C@@H]3O[C@H]6C5O4)CC(=O)C[C@H]3C(C[C@H]4O[C@@H](CCC1O2)C[C@@H](C)C4=C)O[C@H](C[C@H](O)CO)[C@@H]3C. The lowest BCUT2D eigenvalue weighted by Gasteiger charge is -2.47. The molecular formula is C40H58O11. The van der Waals surface area contributed by atoms with Crippen molar-refractivity contribution in [3.05, 3.63) is 24.3 Å². The molecule has 10 aliphatic heterocycles. The van der Waals surface area contributed by atoms with Crippen molar-refractivity contribution in [3.8, 4) is 0 Å². The van der Waals surface area contributed by atoms with E-state index in [2.05, 4.69) is 27.0 Å². The Kier molecular flexibility index (Phi) is 9.59. The van der Waals surface area contributed by atoms with Gasteiger partial charge in [-0.25, -0.2) is 0 Å². The smallest absolute Gasteiger partial charge is 0.172 e. The third-order valence-electron chi connectivity index (χ3n) is 14.1.